The zero-order chi connectivity index (χ0) is 21.6. The molecule has 0 saturated heterocycles. The molecule has 2 aromatic carbocycles. The minimum atomic E-state index is -4.71. The van der Waals surface area contributed by atoms with Crippen LogP contribution in [0.3, 0.4) is 0 Å². The van der Waals surface area contributed by atoms with E-state index in [1.165, 1.54) is 36.6 Å². The van der Waals surface area contributed by atoms with Gasteiger partial charge >= 0.3 is 6.18 Å². The molecule has 0 aliphatic rings. The summed E-state index contributed by atoms with van der Waals surface area (Å²) < 4.78 is 50.8. The van der Waals surface area contributed by atoms with E-state index in [2.05, 4.69) is 15.3 Å². The Kier molecular flexibility index (Phi) is 4.21. The minimum absolute atomic E-state index is 0.0716. The number of rotatable bonds is 3. The fraction of sp³-hybridized carbons (Fsp3) is 0.0476. The Hall–Kier alpha value is -4.21. The molecule has 0 N–H and O–H groups in total. The Bertz CT molecular complexity index is 1480. The fourth-order valence-electron chi connectivity index (χ4n) is 3.11. The van der Waals surface area contributed by atoms with Crippen LogP contribution in [-0.2, 0) is 6.18 Å². The van der Waals surface area contributed by atoms with Crippen molar-refractivity contribution < 1.29 is 22.3 Å². The van der Waals surface area contributed by atoms with Gasteiger partial charge in [0.25, 0.3) is 5.82 Å². The van der Waals surface area contributed by atoms with Crippen LogP contribution in [0.15, 0.2) is 76.1 Å². The van der Waals surface area contributed by atoms with Crippen LogP contribution in [0.2, 0.25) is 0 Å². The third-order valence-corrected chi connectivity index (χ3v) is 4.55. The maximum absolute atomic E-state index is 13.0. The van der Waals surface area contributed by atoms with Crippen LogP contribution in [-0.4, -0.2) is 19.8 Å². The average molecular weight is 424 g/mol. The molecule has 0 saturated carbocycles. The lowest BCUT2D eigenvalue weighted by atomic mass is 10.1. The highest BCUT2D eigenvalue weighted by Gasteiger charge is 2.37. The first-order chi connectivity index (χ1) is 14.9. The number of fused-ring (bicyclic) bond motifs is 2. The van der Waals surface area contributed by atoms with Crippen LogP contribution < -0.4 is 10.2 Å². The smallest absolute Gasteiger partial charge is 0.453 e. The molecule has 0 aliphatic carbocycles. The summed E-state index contributed by atoms with van der Waals surface area (Å²) in [6, 6.07) is 16.3. The van der Waals surface area contributed by atoms with Gasteiger partial charge in [-0.05, 0) is 23.8 Å². The van der Waals surface area contributed by atoms with Gasteiger partial charge in [0.05, 0.1) is 10.9 Å². The molecule has 0 fully saturated rings. The van der Waals surface area contributed by atoms with Gasteiger partial charge in [0.15, 0.2) is 11.1 Å². The van der Waals surface area contributed by atoms with Crippen molar-refractivity contribution >= 4 is 16.6 Å². The molecule has 7 nitrogen and oxygen atoms in total. The first kappa shape index (κ1) is 18.8. The van der Waals surface area contributed by atoms with Crippen LogP contribution in [0.25, 0.3) is 27.7 Å². The highest BCUT2D eigenvalue weighted by Crippen LogP contribution is 2.29. The molecule has 0 radical (unpaired) electrons. The largest absolute Gasteiger partial charge is 0.463 e. The molecule has 0 unspecified atom stereocenters. The number of alkyl halides is 3. The molecule has 0 atom stereocenters. The maximum atomic E-state index is 13.0. The summed E-state index contributed by atoms with van der Waals surface area (Å²) in [6.07, 6.45) is -3.35. The number of aromatic nitrogens is 4. The molecule has 0 bridgehead atoms. The molecule has 5 aromatic rings. The normalized spacial score (nSPS) is 11.8. The van der Waals surface area contributed by atoms with Crippen molar-refractivity contribution in [1.29, 1.82) is 0 Å². The first-order valence-corrected chi connectivity index (χ1v) is 8.99. The highest BCUT2D eigenvalue weighted by molar-refractivity contribution is 5.82. The molecule has 3 aromatic heterocycles. The Morgan fingerprint density at radius 2 is 1.77 bits per heavy atom. The zero-order valence-corrected chi connectivity index (χ0v) is 15.5. The van der Waals surface area contributed by atoms with E-state index in [0.29, 0.717) is 15.5 Å². The summed E-state index contributed by atoms with van der Waals surface area (Å²) in [5.41, 5.74) is 1.13. The number of hydrogen-bond donors (Lipinski definition) is 0. The summed E-state index contributed by atoms with van der Waals surface area (Å²) >= 11 is 0. The van der Waals surface area contributed by atoms with E-state index in [0.717, 1.165) is 5.56 Å². The van der Waals surface area contributed by atoms with Crippen molar-refractivity contribution in [2.24, 2.45) is 0 Å². The Labute approximate surface area is 171 Å². The van der Waals surface area contributed by atoms with Crippen LogP contribution in [0.4, 0.5) is 13.2 Å². The molecule has 3 heterocycles. The van der Waals surface area contributed by atoms with Crippen LogP contribution >= 0.6 is 0 Å². The minimum Gasteiger partial charge on any atom is -0.463 e. The summed E-state index contributed by atoms with van der Waals surface area (Å²) in [4.78, 5) is 12.8. The molecule has 154 valence electrons. The Balaban J connectivity index is 1.51. The Morgan fingerprint density at radius 3 is 2.55 bits per heavy atom. The number of halogens is 3. The van der Waals surface area contributed by atoms with Crippen molar-refractivity contribution in [2.75, 3.05) is 0 Å². The standard InChI is InChI=1S/C21H11F3N4O3/c22-21(23,24)20-26-25-17-8-9-18(27-28(17)20)31-13-6-7-14-16(10-13)30-11-15(19(14)29)12-4-2-1-3-5-12/h1-11H. The van der Waals surface area contributed by atoms with E-state index in [9.17, 15) is 18.0 Å². The summed E-state index contributed by atoms with van der Waals surface area (Å²) in [5, 5.41) is 10.7. The number of nitrogens with zero attached hydrogens (tertiary/aromatic N) is 4. The van der Waals surface area contributed by atoms with Crippen LogP contribution in [0.5, 0.6) is 11.6 Å². The molecule has 10 heteroatoms. The van der Waals surface area contributed by atoms with E-state index >= 15 is 0 Å². The second-order valence-corrected chi connectivity index (χ2v) is 6.57. The van der Waals surface area contributed by atoms with Gasteiger partial charge in [0, 0.05) is 12.1 Å². The van der Waals surface area contributed by atoms with Gasteiger partial charge in [-0.25, -0.2) is 0 Å². The van der Waals surface area contributed by atoms with Gasteiger partial charge in [-0.15, -0.1) is 15.3 Å². The lowest BCUT2D eigenvalue weighted by Crippen LogP contribution is -2.12. The van der Waals surface area contributed by atoms with Gasteiger partial charge in [0.1, 0.15) is 17.6 Å². The molecule has 0 spiro atoms. The van der Waals surface area contributed by atoms with E-state index < -0.39 is 12.0 Å². The highest BCUT2D eigenvalue weighted by atomic mass is 19.4. The van der Waals surface area contributed by atoms with Crippen molar-refractivity contribution in [1.82, 2.24) is 19.8 Å². The van der Waals surface area contributed by atoms with Crippen molar-refractivity contribution in [3.05, 3.63) is 83.0 Å². The second-order valence-electron chi connectivity index (χ2n) is 6.57. The summed E-state index contributed by atoms with van der Waals surface area (Å²) in [7, 11) is 0. The van der Waals surface area contributed by atoms with Crippen molar-refractivity contribution in [3.8, 4) is 22.8 Å². The zero-order valence-electron chi connectivity index (χ0n) is 15.5. The van der Waals surface area contributed by atoms with Crippen molar-refractivity contribution in [3.63, 3.8) is 0 Å². The van der Waals surface area contributed by atoms with E-state index in [1.54, 1.807) is 12.1 Å². The molecule has 5 rings (SSSR count). The van der Waals surface area contributed by atoms with Gasteiger partial charge in [-0.1, -0.05) is 30.3 Å². The van der Waals surface area contributed by atoms with E-state index in [1.807, 2.05) is 18.2 Å². The second kappa shape index (κ2) is 6.94. The summed E-state index contributed by atoms with van der Waals surface area (Å²) in [6.45, 7) is 0. The topological polar surface area (TPSA) is 82.5 Å². The molecular formula is C21H11F3N4O3. The molecule has 0 amide bonds. The summed E-state index contributed by atoms with van der Waals surface area (Å²) in [5.74, 6) is -1.14. The predicted octanol–water partition coefficient (Wildman–Crippen LogP) is 4.71. The number of hydrogen-bond acceptors (Lipinski definition) is 6. The predicted molar refractivity (Wildman–Crippen MR) is 104 cm³/mol. The van der Waals surface area contributed by atoms with Crippen LogP contribution in [0.1, 0.15) is 5.82 Å². The lowest BCUT2D eigenvalue weighted by molar-refractivity contribution is -0.146. The van der Waals surface area contributed by atoms with Crippen molar-refractivity contribution in [2.45, 2.75) is 6.18 Å². The van der Waals surface area contributed by atoms with Gasteiger partial charge < -0.3 is 9.15 Å². The van der Waals surface area contributed by atoms with E-state index in [-0.39, 0.29) is 28.3 Å². The quantitative estimate of drug-likeness (QED) is 0.417. The molecular weight excluding hydrogens is 413 g/mol. The van der Waals surface area contributed by atoms with Gasteiger partial charge in [-0.2, -0.15) is 17.7 Å². The number of ether oxygens (including phenoxy) is 1. The average Bonchev–Trinajstić information content (AvgIpc) is 3.18. The lowest BCUT2D eigenvalue weighted by Gasteiger charge is -2.08. The van der Waals surface area contributed by atoms with Gasteiger partial charge in [0.2, 0.25) is 5.88 Å². The van der Waals surface area contributed by atoms with Crippen LogP contribution in [0, 0.1) is 0 Å². The Morgan fingerprint density at radius 1 is 0.968 bits per heavy atom. The molecule has 0 aliphatic heterocycles. The number of benzene rings is 2. The maximum Gasteiger partial charge on any atom is 0.453 e. The van der Waals surface area contributed by atoms with E-state index in [4.69, 9.17) is 9.15 Å². The first-order valence-electron chi connectivity index (χ1n) is 8.99. The molecule has 31 heavy (non-hydrogen) atoms. The SMILES string of the molecule is O=c1c(-c2ccccc2)coc2cc(Oc3ccc4nnc(C(F)(F)F)n4n3)ccc12. The third-order valence-electron chi connectivity index (χ3n) is 4.55. The monoisotopic (exact) mass is 424 g/mol. The third kappa shape index (κ3) is 3.37. The van der Waals surface area contributed by atoms with Gasteiger partial charge in [-0.3, -0.25) is 4.79 Å². The fourth-order valence-corrected chi connectivity index (χ4v) is 3.11.